The lowest BCUT2D eigenvalue weighted by atomic mass is 10.1. The van der Waals surface area contributed by atoms with E-state index in [9.17, 15) is 4.79 Å². The Morgan fingerprint density at radius 2 is 2.29 bits per heavy atom. The molecule has 0 aliphatic carbocycles. The first kappa shape index (κ1) is 12.2. The van der Waals surface area contributed by atoms with E-state index in [1.54, 1.807) is 13.1 Å². The largest absolute Gasteiger partial charge is 0.481 e. The predicted octanol–water partition coefficient (Wildman–Crippen LogP) is 2.90. The maximum absolute atomic E-state index is 10.8. The van der Waals surface area contributed by atoms with Crippen LogP contribution in [0, 0.1) is 6.92 Å². The second-order valence-electron chi connectivity index (χ2n) is 3.47. The van der Waals surface area contributed by atoms with Crippen LogP contribution in [-0.4, -0.2) is 21.0 Å². The van der Waals surface area contributed by atoms with Crippen LogP contribution in [0.25, 0.3) is 10.6 Å². The van der Waals surface area contributed by atoms with E-state index in [4.69, 9.17) is 5.11 Å². The Kier molecular flexibility index (Phi) is 3.54. The van der Waals surface area contributed by atoms with Gasteiger partial charge in [-0.05, 0) is 35.0 Å². The summed E-state index contributed by atoms with van der Waals surface area (Å²) in [6.07, 6.45) is 1.52. The smallest absolute Gasteiger partial charge is 0.307 e. The van der Waals surface area contributed by atoms with Crippen molar-refractivity contribution >= 4 is 33.2 Å². The van der Waals surface area contributed by atoms with Crippen LogP contribution in [0.1, 0.15) is 11.4 Å². The Morgan fingerprint density at radius 3 is 2.88 bits per heavy atom. The molecule has 0 radical (unpaired) electrons. The van der Waals surface area contributed by atoms with Crippen molar-refractivity contribution < 1.29 is 9.90 Å². The zero-order chi connectivity index (χ0) is 12.4. The fourth-order valence-electron chi connectivity index (χ4n) is 1.44. The molecule has 0 aliphatic heterocycles. The summed E-state index contributed by atoms with van der Waals surface area (Å²) in [5.41, 5.74) is 1.34. The van der Waals surface area contributed by atoms with Crippen molar-refractivity contribution in [3.05, 3.63) is 33.5 Å². The molecular weight excluding hydrogens is 304 g/mol. The minimum Gasteiger partial charge on any atom is -0.481 e. The van der Waals surface area contributed by atoms with E-state index in [0.29, 0.717) is 17.1 Å². The third-order valence-corrected chi connectivity index (χ3v) is 3.76. The van der Waals surface area contributed by atoms with Crippen LogP contribution in [-0.2, 0) is 11.2 Å². The number of halogens is 1. The van der Waals surface area contributed by atoms with Crippen LogP contribution in [0.4, 0.5) is 0 Å². The minimum absolute atomic E-state index is 0.0644. The van der Waals surface area contributed by atoms with Crippen molar-refractivity contribution in [1.82, 2.24) is 9.97 Å². The number of thiophene rings is 1. The Morgan fingerprint density at radius 1 is 1.53 bits per heavy atom. The molecule has 6 heteroatoms. The topological polar surface area (TPSA) is 63.1 Å². The van der Waals surface area contributed by atoms with E-state index in [1.807, 2.05) is 12.1 Å². The fourth-order valence-corrected chi connectivity index (χ4v) is 2.85. The van der Waals surface area contributed by atoms with Gasteiger partial charge in [-0.1, -0.05) is 0 Å². The van der Waals surface area contributed by atoms with Crippen LogP contribution in [0.2, 0.25) is 0 Å². The monoisotopic (exact) mass is 312 g/mol. The lowest BCUT2D eigenvalue weighted by Crippen LogP contribution is -2.04. The molecule has 1 N–H and O–H groups in total. The van der Waals surface area contributed by atoms with Gasteiger partial charge in [-0.2, -0.15) is 0 Å². The molecule has 0 fully saturated rings. The van der Waals surface area contributed by atoms with E-state index in [1.165, 1.54) is 11.3 Å². The second-order valence-corrected chi connectivity index (χ2v) is 5.93. The number of aryl methyl sites for hydroxylation is 1. The Hall–Kier alpha value is -1.27. The van der Waals surface area contributed by atoms with Gasteiger partial charge in [0, 0.05) is 11.8 Å². The van der Waals surface area contributed by atoms with E-state index >= 15 is 0 Å². The first-order valence-corrected chi connectivity index (χ1v) is 6.47. The molecule has 0 saturated carbocycles. The normalized spacial score (nSPS) is 10.5. The highest BCUT2D eigenvalue weighted by Crippen LogP contribution is 2.32. The summed E-state index contributed by atoms with van der Waals surface area (Å²) < 4.78 is 0.991. The van der Waals surface area contributed by atoms with Gasteiger partial charge in [0.05, 0.1) is 20.8 Å². The van der Waals surface area contributed by atoms with E-state index in [2.05, 4.69) is 25.9 Å². The number of hydrogen-bond acceptors (Lipinski definition) is 4. The molecule has 2 aromatic rings. The molecule has 0 unspecified atom stereocenters. The lowest BCUT2D eigenvalue weighted by molar-refractivity contribution is -0.136. The van der Waals surface area contributed by atoms with E-state index < -0.39 is 5.97 Å². The Labute approximate surface area is 110 Å². The van der Waals surface area contributed by atoms with Gasteiger partial charge in [-0.3, -0.25) is 4.79 Å². The van der Waals surface area contributed by atoms with Crippen molar-refractivity contribution in [2.45, 2.75) is 13.3 Å². The number of carboxylic acid groups (broad SMARTS) is 1. The molecule has 0 aromatic carbocycles. The zero-order valence-electron chi connectivity index (χ0n) is 8.98. The van der Waals surface area contributed by atoms with Crippen LogP contribution < -0.4 is 0 Å². The molecule has 17 heavy (non-hydrogen) atoms. The number of carbonyl (C=O) groups is 1. The van der Waals surface area contributed by atoms with Gasteiger partial charge in [0.15, 0.2) is 0 Å². The van der Waals surface area contributed by atoms with Crippen molar-refractivity contribution in [1.29, 1.82) is 0 Å². The van der Waals surface area contributed by atoms with Crippen LogP contribution in [0.5, 0.6) is 0 Å². The molecule has 0 amide bonds. The summed E-state index contributed by atoms with van der Waals surface area (Å²) >= 11 is 4.91. The SMILES string of the molecule is Cc1ncc(CC(=O)O)c(-c2ccc(Br)s2)n1. The quantitative estimate of drug-likeness (QED) is 0.946. The van der Waals surface area contributed by atoms with Crippen molar-refractivity contribution in [2.75, 3.05) is 0 Å². The summed E-state index contributed by atoms with van der Waals surface area (Å²) in [5.74, 6) is -0.243. The highest BCUT2D eigenvalue weighted by Gasteiger charge is 2.13. The fraction of sp³-hybridized carbons (Fsp3) is 0.182. The van der Waals surface area contributed by atoms with Crippen LogP contribution >= 0.6 is 27.3 Å². The maximum atomic E-state index is 10.8. The molecule has 0 spiro atoms. The molecule has 88 valence electrons. The molecule has 4 nitrogen and oxygen atoms in total. The van der Waals surface area contributed by atoms with Crippen molar-refractivity contribution in [3.63, 3.8) is 0 Å². The molecule has 2 heterocycles. The van der Waals surface area contributed by atoms with Gasteiger partial charge >= 0.3 is 5.97 Å². The van der Waals surface area contributed by atoms with Gasteiger partial charge in [0.2, 0.25) is 0 Å². The minimum atomic E-state index is -0.880. The van der Waals surface area contributed by atoms with Gasteiger partial charge in [0.1, 0.15) is 5.82 Å². The van der Waals surface area contributed by atoms with Crippen molar-refractivity contribution in [2.24, 2.45) is 0 Å². The third kappa shape index (κ3) is 2.89. The van der Waals surface area contributed by atoms with Gasteiger partial charge in [-0.25, -0.2) is 9.97 Å². The molecule has 0 saturated heterocycles. The average molecular weight is 313 g/mol. The third-order valence-electron chi connectivity index (χ3n) is 2.13. The summed E-state index contributed by atoms with van der Waals surface area (Å²) in [6.45, 7) is 1.79. The molecular formula is C11H9BrN2O2S. The number of aromatic nitrogens is 2. The number of aliphatic carboxylic acids is 1. The standard InChI is InChI=1S/C11H9BrN2O2S/c1-6-13-5-7(4-10(15)16)11(14-6)8-2-3-9(12)17-8/h2-3,5H,4H2,1H3,(H,15,16). The van der Waals surface area contributed by atoms with Gasteiger partial charge in [-0.15, -0.1) is 11.3 Å². The highest BCUT2D eigenvalue weighted by atomic mass is 79.9. The molecule has 0 aliphatic rings. The summed E-state index contributed by atoms with van der Waals surface area (Å²) in [5, 5.41) is 8.85. The van der Waals surface area contributed by atoms with Gasteiger partial charge in [0.25, 0.3) is 0 Å². The maximum Gasteiger partial charge on any atom is 0.307 e. The summed E-state index contributed by atoms with van der Waals surface area (Å²) in [7, 11) is 0. The second kappa shape index (κ2) is 4.93. The zero-order valence-corrected chi connectivity index (χ0v) is 11.4. The summed E-state index contributed by atoms with van der Waals surface area (Å²) in [6, 6.07) is 3.84. The Bertz CT molecular complexity index is 568. The van der Waals surface area contributed by atoms with Crippen LogP contribution in [0.3, 0.4) is 0 Å². The predicted molar refractivity (Wildman–Crippen MR) is 69.1 cm³/mol. The average Bonchev–Trinajstić information content (AvgIpc) is 2.67. The number of carboxylic acids is 1. The molecule has 2 aromatic heterocycles. The first-order valence-electron chi connectivity index (χ1n) is 4.86. The number of nitrogens with zero attached hydrogens (tertiary/aromatic N) is 2. The van der Waals surface area contributed by atoms with E-state index in [0.717, 1.165) is 8.66 Å². The van der Waals surface area contributed by atoms with Crippen LogP contribution in [0.15, 0.2) is 22.1 Å². The molecule has 0 bridgehead atoms. The first-order chi connectivity index (χ1) is 8.06. The lowest BCUT2D eigenvalue weighted by Gasteiger charge is -2.05. The molecule has 2 rings (SSSR count). The number of rotatable bonds is 3. The van der Waals surface area contributed by atoms with Crippen molar-refractivity contribution in [3.8, 4) is 10.6 Å². The van der Waals surface area contributed by atoms with Gasteiger partial charge < -0.3 is 5.11 Å². The molecule has 0 atom stereocenters. The number of hydrogen-bond donors (Lipinski definition) is 1. The van der Waals surface area contributed by atoms with E-state index in [-0.39, 0.29) is 6.42 Å². The highest BCUT2D eigenvalue weighted by molar-refractivity contribution is 9.11. The summed E-state index contributed by atoms with van der Waals surface area (Å²) in [4.78, 5) is 20.1. The Balaban J connectivity index is 2.50.